The number of carboxylic acid groups (broad SMARTS) is 1. The van der Waals surface area contributed by atoms with Crippen LogP contribution in [0.5, 0.6) is 0 Å². The van der Waals surface area contributed by atoms with E-state index in [9.17, 15) is 4.79 Å². The normalized spacial score (nSPS) is 10.1. The molecular formula is C11H11N3O3. The second kappa shape index (κ2) is 4.56. The predicted octanol–water partition coefficient (Wildman–Crippen LogP) is 1.57. The Morgan fingerprint density at radius 3 is 3.00 bits per heavy atom. The molecule has 6 nitrogen and oxygen atoms in total. The standard InChI is InChI=1S/C11H11N3O3/c12-9-4-7(11(15)16)5-13-10(9)14-6-8-2-1-3-17-8/h1-5H,6,12H2,(H,13,14)(H,15,16). The van der Waals surface area contributed by atoms with Gasteiger partial charge in [0.15, 0.2) is 0 Å². The van der Waals surface area contributed by atoms with E-state index in [0.717, 1.165) is 5.76 Å². The van der Waals surface area contributed by atoms with Crippen molar-refractivity contribution in [1.29, 1.82) is 0 Å². The molecule has 0 aliphatic rings. The van der Waals surface area contributed by atoms with Gasteiger partial charge in [0.2, 0.25) is 0 Å². The molecule has 6 heteroatoms. The summed E-state index contributed by atoms with van der Waals surface area (Å²) in [6, 6.07) is 4.95. The van der Waals surface area contributed by atoms with E-state index >= 15 is 0 Å². The van der Waals surface area contributed by atoms with Crippen LogP contribution in [0.25, 0.3) is 0 Å². The van der Waals surface area contributed by atoms with Crippen molar-refractivity contribution in [2.24, 2.45) is 0 Å². The van der Waals surface area contributed by atoms with E-state index in [1.54, 1.807) is 12.3 Å². The van der Waals surface area contributed by atoms with Gasteiger partial charge in [-0.1, -0.05) is 0 Å². The summed E-state index contributed by atoms with van der Waals surface area (Å²) in [5, 5.41) is 11.7. The molecule has 2 heterocycles. The molecule has 0 spiro atoms. The largest absolute Gasteiger partial charge is 0.478 e. The van der Waals surface area contributed by atoms with Gasteiger partial charge in [0.1, 0.15) is 11.6 Å². The minimum atomic E-state index is -1.05. The summed E-state index contributed by atoms with van der Waals surface area (Å²) in [5.41, 5.74) is 6.03. The molecule has 0 unspecified atom stereocenters. The van der Waals surface area contributed by atoms with E-state index in [-0.39, 0.29) is 11.3 Å². The molecule has 4 N–H and O–H groups in total. The number of rotatable bonds is 4. The van der Waals surface area contributed by atoms with Gasteiger partial charge in [-0.15, -0.1) is 0 Å². The third-order valence-corrected chi connectivity index (χ3v) is 2.17. The fourth-order valence-corrected chi connectivity index (χ4v) is 1.33. The average Bonchev–Trinajstić information content (AvgIpc) is 2.80. The number of carbonyl (C=O) groups is 1. The maximum absolute atomic E-state index is 10.7. The number of aromatic carboxylic acids is 1. The highest BCUT2D eigenvalue weighted by molar-refractivity contribution is 5.89. The lowest BCUT2D eigenvalue weighted by atomic mass is 10.2. The van der Waals surface area contributed by atoms with Crippen LogP contribution in [0, 0.1) is 0 Å². The molecule has 0 radical (unpaired) electrons. The predicted molar refractivity (Wildman–Crippen MR) is 61.6 cm³/mol. The summed E-state index contributed by atoms with van der Waals surface area (Å²) in [4.78, 5) is 14.6. The first-order valence-electron chi connectivity index (χ1n) is 4.92. The molecule has 0 saturated carbocycles. The number of hydrogen-bond acceptors (Lipinski definition) is 5. The SMILES string of the molecule is Nc1cc(C(=O)O)cnc1NCc1ccco1. The second-order valence-corrected chi connectivity index (χ2v) is 3.40. The van der Waals surface area contributed by atoms with Crippen molar-refractivity contribution in [1.82, 2.24) is 4.98 Å². The minimum absolute atomic E-state index is 0.0612. The number of nitrogens with two attached hydrogens (primary N) is 1. The Morgan fingerprint density at radius 2 is 2.41 bits per heavy atom. The van der Waals surface area contributed by atoms with Gasteiger partial charge in [-0.25, -0.2) is 9.78 Å². The zero-order valence-corrected chi connectivity index (χ0v) is 8.88. The average molecular weight is 233 g/mol. The van der Waals surface area contributed by atoms with Crippen LogP contribution in [-0.4, -0.2) is 16.1 Å². The molecule has 0 fully saturated rings. The van der Waals surface area contributed by atoms with E-state index in [1.807, 2.05) is 6.07 Å². The van der Waals surface area contributed by atoms with E-state index in [4.69, 9.17) is 15.3 Å². The number of pyridine rings is 1. The molecule has 0 saturated heterocycles. The lowest BCUT2D eigenvalue weighted by Crippen LogP contribution is -2.06. The number of hydrogen-bond donors (Lipinski definition) is 3. The molecule has 2 rings (SSSR count). The van der Waals surface area contributed by atoms with Gasteiger partial charge >= 0.3 is 5.97 Å². The quantitative estimate of drug-likeness (QED) is 0.740. The molecule has 88 valence electrons. The number of anilines is 2. The molecule has 0 bridgehead atoms. The lowest BCUT2D eigenvalue weighted by molar-refractivity contribution is 0.0696. The summed E-state index contributed by atoms with van der Waals surface area (Å²) in [6.45, 7) is 0.441. The smallest absolute Gasteiger partial charge is 0.337 e. The van der Waals surface area contributed by atoms with E-state index in [0.29, 0.717) is 12.4 Å². The Labute approximate surface area is 97.1 Å². The van der Waals surface area contributed by atoms with E-state index < -0.39 is 5.97 Å². The van der Waals surface area contributed by atoms with Crippen LogP contribution in [0.15, 0.2) is 35.1 Å². The highest BCUT2D eigenvalue weighted by Gasteiger charge is 2.07. The fraction of sp³-hybridized carbons (Fsp3) is 0.0909. The zero-order chi connectivity index (χ0) is 12.3. The number of nitrogen functional groups attached to an aromatic ring is 1. The topological polar surface area (TPSA) is 101 Å². The molecule has 0 amide bonds. The van der Waals surface area contributed by atoms with Crippen molar-refractivity contribution in [2.45, 2.75) is 6.54 Å². The van der Waals surface area contributed by atoms with E-state index in [1.165, 1.54) is 12.3 Å². The van der Waals surface area contributed by atoms with Gasteiger partial charge in [-0.2, -0.15) is 0 Å². The number of carboxylic acids is 1. The van der Waals surface area contributed by atoms with Crippen LogP contribution in [-0.2, 0) is 6.54 Å². The van der Waals surface area contributed by atoms with Crippen molar-refractivity contribution in [3.05, 3.63) is 42.0 Å². The van der Waals surface area contributed by atoms with E-state index in [2.05, 4.69) is 10.3 Å². The Balaban J connectivity index is 2.09. The fourth-order valence-electron chi connectivity index (χ4n) is 1.33. The summed E-state index contributed by atoms with van der Waals surface area (Å²) in [5.74, 6) is 0.127. The molecular weight excluding hydrogens is 222 g/mol. The lowest BCUT2D eigenvalue weighted by Gasteiger charge is -2.07. The van der Waals surface area contributed by atoms with Gasteiger partial charge in [-0.05, 0) is 18.2 Å². The van der Waals surface area contributed by atoms with Crippen LogP contribution in [0.4, 0.5) is 11.5 Å². The highest BCUT2D eigenvalue weighted by Crippen LogP contribution is 2.17. The Kier molecular flexibility index (Phi) is 2.95. The van der Waals surface area contributed by atoms with Crippen LogP contribution in [0.2, 0.25) is 0 Å². The Bertz CT molecular complexity index is 523. The maximum atomic E-state index is 10.7. The van der Waals surface area contributed by atoms with Gasteiger partial charge in [-0.3, -0.25) is 0 Å². The van der Waals surface area contributed by atoms with Gasteiger partial charge in [0, 0.05) is 6.20 Å². The van der Waals surface area contributed by atoms with Crippen LogP contribution >= 0.6 is 0 Å². The summed E-state index contributed by atoms with van der Waals surface area (Å²) < 4.78 is 5.13. The van der Waals surface area contributed by atoms with Gasteiger partial charge in [0.25, 0.3) is 0 Å². The zero-order valence-electron chi connectivity index (χ0n) is 8.88. The summed E-state index contributed by atoms with van der Waals surface area (Å²) in [7, 11) is 0. The molecule has 0 atom stereocenters. The monoisotopic (exact) mass is 233 g/mol. The van der Waals surface area contributed by atoms with Gasteiger partial charge in [0.05, 0.1) is 24.1 Å². The highest BCUT2D eigenvalue weighted by atomic mass is 16.4. The summed E-state index contributed by atoms with van der Waals surface area (Å²) in [6.07, 6.45) is 2.82. The maximum Gasteiger partial charge on any atom is 0.337 e. The first-order chi connectivity index (χ1) is 8.16. The molecule has 0 aromatic carbocycles. The van der Waals surface area contributed by atoms with Crippen LogP contribution < -0.4 is 11.1 Å². The first kappa shape index (κ1) is 11.0. The first-order valence-corrected chi connectivity index (χ1v) is 4.92. The van der Waals surface area contributed by atoms with Crippen molar-refractivity contribution in [2.75, 3.05) is 11.1 Å². The second-order valence-electron chi connectivity index (χ2n) is 3.40. The molecule has 17 heavy (non-hydrogen) atoms. The molecule has 0 aliphatic heterocycles. The third kappa shape index (κ3) is 2.54. The van der Waals surface area contributed by atoms with Crippen LogP contribution in [0.3, 0.4) is 0 Å². The summed E-state index contributed by atoms with van der Waals surface area (Å²) >= 11 is 0. The van der Waals surface area contributed by atoms with Crippen LogP contribution in [0.1, 0.15) is 16.1 Å². The Hall–Kier alpha value is -2.50. The number of furan rings is 1. The minimum Gasteiger partial charge on any atom is -0.478 e. The molecule has 2 aromatic heterocycles. The number of nitrogens with one attached hydrogen (secondary N) is 1. The number of nitrogens with zero attached hydrogens (tertiary/aromatic N) is 1. The Morgan fingerprint density at radius 1 is 1.59 bits per heavy atom. The number of aromatic nitrogens is 1. The van der Waals surface area contributed by atoms with Gasteiger partial charge < -0.3 is 20.6 Å². The van der Waals surface area contributed by atoms with Crippen molar-refractivity contribution < 1.29 is 14.3 Å². The molecule has 2 aromatic rings. The van der Waals surface area contributed by atoms with Crippen molar-refractivity contribution in [3.63, 3.8) is 0 Å². The molecule has 0 aliphatic carbocycles. The van der Waals surface area contributed by atoms with Crippen molar-refractivity contribution >= 4 is 17.5 Å². The third-order valence-electron chi connectivity index (χ3n) is 2.17. The van der Waals surface area contributed by atoms with Crippen molar-refractivity contribution in [3.8, 4) is 0 Å².